The van der Waals surface area contributed by atoms with Crippen molar-refractivity contribution in [3.8, 4) is 44.6 Å². The van der Waals surface area contributed by atoms with Crippen LogP contribution in [0.15, 0.2) is 69.6 Å². The van der Waals surface area contributed by atoms with Crippen LogP contribution in [0, 0.1) is 22.3 Å². The van der Waals surface area contributed by atoms with E-state index < -0.39 is 0 Å². The van der Waals surface area contributed by atoms with Gasteiger partial charge in [0.15, 0.2) is 0 Å². The molecule has 0 N–H and O–H groups in total. The largest absolute Gasteiger partial charge is 0.0537 e. The highest BCUT2D eigenvalue weighted by molar-refractivity contribution is 14.2. The summed E-state index contributed by atoms with van der Waals surface area (Å²) < 4.78 is 2.06. The molecule has 0 saturated carbocycles. The zero-order chi connectivity index (χ0) is 19.9. The van der Waals surface area contributed by atoms with Crippen LogP contribution in [0.3, 0.4) is 0 Å². The van der Waals surface area contributed by atoms with Gasteiger partial charge in [0.1, 0.15) is 0 Å². The lowest BCUT2D eigenvalue weighted by molar-refractivity contribution is 1.53. The molecule has 0 aliphatic rings. The van der Waals surface area contributed by atoms with Crippen molar-refractivity contribution in [3.05, 3.63) is 80.7 Å². The van der Waals surface area contributed by atoms with Crippen LogP contribution in [-0.4, -0.2) is 0 Å². The molecule has 6 heteroatoms. The van der Waals surface area contributed by atoms with E-state index in [-0.39, 0.29) is 0 Å². The molecule has 0 aliphatic carbocycles. The molecule has 0 atom stereocenters. The lowest BCUT2D eigenvalue weighted by Crippen LogP contribution is -1.87. The van der Waals surface area contributed by atoms with Gasteiger partial charge < -0.3 is 0 Å². The summed E-state index contributed by atoms with van der Waals surface area (Å²) in [7, 11) is 2.98. The van der Waals surface area contributed by atoms with E-state index in [0.29, 0.717) is 0 Å². The zero-order valence-electron chi connectivity index (χ0n) is 14.1. The predicted molar refractivity (Wildman–Crippen MR) is 150 cm³/mol. The monoisotopic (exact) mass is 750 g/mol. The number of halogens is 4. The van der Waals surface area contributed by atoms with Gasteiger partial charge in [0.25, 0.3) is 0 Å². The zero-order valence-corrected chi connectivity index (χ0v) is 23.2. The van der Waals surface area contributed by atoms with E-state index in [9.17, 15) is 0 Å². The van der Waals surface area contributed by atoms with Crippen molar-refractivity contribution >= 4 is 92.1 Å². The van der Waals surface area contributed by atoms with Crippen molar-refractivity contribution in [2.24, 2.45) is 0 Å². The highest BCUT2D eigenvalue weighted by atomic mass is 127. The molecule has 0 bridgehead atoms. The van der Waals surface area contributed by atoms with Crippen molar-refractivity contribution in [3.63, 3.8) is 0 Å². The maximum absolute atomic E-state index is 3.54. The third-order valence-electron chi connectivity index (χ3n) is 3.92. The van der Waals surface area contributed by atoms with Gasteiger partial charge in [-0.3, -0.25) is 0 Å². The summed E-state index contributed by atoms with van der Waals surface area (Å²) in [5.74, 6) is 6.47. The van der Waals surface area contributed by atoms with Crippen LogP contribution in [0.5, 0.6) is 0 Å². The highest BCUT2D eigenvalue weighted by Crippen LogP contribution is 2.31. The first-order chi connectivity index (χ1) is 13.6. The molecule has 28 heavy (non-hydrogen) atoms. The van der Waals surface area contributed by atoms with Crippen LogP contribution >= 0.6 is 92.1 Å². The van der Waals surface area contributed by atoms with E-state index in [0.717, 1.165) is 42.3 Å². The second-order valence-corrected chi connectivity index (χ2v) is 10.8. The Morgan fingerprint density at radius 1 is 0.607 bits per heavy atom. The number of benzene rings is 3. The van der Waals surface area contributed by atoms with Gasteiger partial charge in [-0.15, -0.1) is 0 Å². The Balaban J connectivity index is 2.02. The third kappa shape index (κ3) is 5.96. The molecule has 0 saturated heterocycles. The molecule has 3 aromatic carbocycles. The van der Waals surface area contributed by atoms with Crippen LogP contribution in [0.25, 0.3) is 22.3 Å². The summed E-state index contributed by atoms with van der Waals surface area (Å²) in [4.78, 5) is 0. The fourth-order valence-electron chi connectivity index (χ4n) is 2.72. The van der Waals surface area contributed by atoms with Gasteiger partial charge in [-0.1, -0.05) is 80.1 Å². The minimum absolute atomic E-state index is 1.01. The molecule has 0 radical (unpaired) electrons. The normalized spacial score (nSPS) is 9.86. The first kappa shape index (κ1) is 22.6. The average molecular weight is 752 g/mol. The average Bonchev–Trinajstić information content (AvgIpc) is 2.71. The number of hydrogen-bond donors (Lipinski definition) is 0. The van der Waals surface area contributed by atoms with Crippen LogP contribution in [0.4, 0.5) is 0 Å². The summed E-state index contributed by atoms with van der Waals surface area (Å²) in [6, 6.07) is 21.0. The number of hydrogen-bond acceptors (Lipinski definition) is 2. The van der Waals surface area contributed by atoms with Crippen molar-refractivity contribution < 1.29 is 0 Å². The fraction of sp³-hybridized carbons (Fsp3) is 0. The predicted octanol–water partition coefficient (Wildman–Crippen LogP) is 9.33. The van der Waals surface area contributed by atoms with Crippen LogP contribution < -0.4 is 0 Å². The molecule has 0 aliphatic heterocycles. The van der Waals surface area contributed by atoms with Gasteiger partial charge in [-0.05, 0) is 74.9 Å². The molecule has 0 spiro atoms. The molecule has 3 aromatic rings. The second-order valence-electron chi connectivity index (χ2n) is 5.57. The Labute approximate surface area is 214 Å². The Morgan fingerprint density at radius 3 is 1.36 bits per heavy atom. The second kappa shape index (κ2) is 11.3. The van der Waals surface area contributed by atoms with E-state index in [1.165, 1.54) is 17.9 Å². The molecular formula is C22H10Br2I2S2. The molecule has 3 rings (SSSR count). The Morgan fingerprint density at radius 2 is 1.00 bits per heavy atom. The van der Waals surface area contributed by atoms with E-state index >= 15 is 0 Å². The van der Waals surface area contributed by atoms with Gasteiger partial charge in [-0.25, -0.2) is 0 Å². The number of rotatable bonds is 2. The van der Waals surface area contributed by atoms with E-state index in [1.54, 1.807) is 0 Å². The molecule has 0 nitrogen and oxygen atoms in total. The highest BCUT2D eigenvalue weighted by Gasteiger charge is 2.08. The van der Waals surface area contributed by atoms with Gasteiger partial charge in [0, 0.05) is 62.5 Å². The van der Waals surface area contributed by atoms with E-state index in [2.05, 4.69) is 157 Å². The SMILES string of the molecule is Brc1ccc(-c2ccc(-c3ccc(Br)cc3C#CSI)cc2)c(C#CSI)c1. The maximum atomic E-state index is 3.54. The van der Waals surface area contributed by atoms with Crippen LogP contribution in [0.2, 0.25) is 0 Å². The van der Waals surface area contributed by atoms with E-state index in [4.69, 9.17) is 0 Å². The Bertz CT molecular complexity index is 1030. The van der Waals surface area contributed by atoms with Crippen molar-refractivity contribution in [2.75, 3.05) is 0 Å². The molecular weight excluding hydrogens is 742 g/mol. The standard InChI is InChI=1S/C22H10Br2I2S2/c23-19-5-7-21(17(13-19)9-11-27-25)15-1-2-16(4-3-15)22-8-6-20(24)14-18(22)10-12-28-26/h1-8,13-14H. The van der Waals surface area contributed by atoms with E-state index in [1.807, 2.05) is 0 Å². The van der Waals surface area contributed by atoms with Crippen molar-refractivity contribution in [2.45, 2.75) is 0 Å². The summed E-state index contributed by atoms with van der Waals surface area (Å²) in [5.41, 5.74) is 6.58. The summed E-state index contributed by atoms with van der Waals surface area (Å²) >= 11 is 11.5. The molecule has 138 valence electrons. The molecule has 0 unspecified atom stereocenters. The summed E-state index contributed by atoms with van der Waals surface area (Å²) in [6.45, 7) is 0. The minimum Gasteiger partial charge on any atom is -0.0537 e. The van der Waals surface area contributed by atoms with Crippen LogP contribution in [0.1, 0.15) is 11.1 Å². The van der Waals surface area contributed by atoms with Gasteiger partial charge in [-0.2, -0.15) is 0 Å². The smallest absolute Gasteiger partial charge is 0.0344 e. The topological polar surface area (TPSA) is 0 Å². The van der Waals surface area contributed by atoms with Crippen molar-refractivity contribution in [1.29, 1.82) is 0 Å². The molecule has 0 heterocycles. The first-order valence-corrected chi connectivity index (χ1v) is 16.2. The molecule has 0 aromatic heterocycles. The molecule has 0 amide bonds. The maximum Gasteiger partial charge on any atom is 0.0344 e. The summed E-state index contributed by atoms with van der Waals surface area (Å²) in [5, 5.41) is 6.16. The lowest BCUT2D eigenvalue weighted by atomic mass is 9.95. The fourth-order valence-corrected chi connectivity index (χ4v) is 4.40. The minimum atomic E-state index is 1.01. The lowest BCUT2D eigenvalue weighted by Gasteiger charge is -2.09. The molecule has 0 fully saturated rings. The van der Waals surface area contributed by atoms with Gasteiger partial charge >= 0.3 is 0 Å². The Kier molecular flexibility index (Phi) is 9.14. The van der Waals surface area contributed by atoms with Crippen LogP contribution in [-0.2, 0) is 0 Å². The quantitative estimate of drug-likeness (QED) is 0.189. The Hall–Kier alpha value is -0.100. The third-order valence-corrected chi connectivity index (χ3v) is 6.58. The van der Waals surface area contributed by atoms with Gasteiger partial charge in [0.2, 0.25) is 0 Å². The summed E-state index contributed by atoms with van der Waals surface area (Å²) in [6.07, 6.45) is 0. The van der Waals surface area contributed by atoms with Crippen molar-refractivity contribution in [1.82, 2.24) is 0 Å². The van der Waals surface area contributed by atoms with Gasteiger partial charge in [0.05, 0.1) is 0 Å². The first-order valence-electron chi connectivity index (χ1n) is 7.89.